The maximum atomic E-state index is 12.4. The number of nitrogens with one attached hydrogen (secondary N) is 1. The highest BCUT2D eigenvalue weighted by atomic mass is 32.2. The van der Waals surface area contributed by atoms with Crippen LogP contribution in [-0.4, -0.2) is 65.3 Å². The van der Waals surface area contributed by atoms with E-state index in [1.54, 1.807) is 0 Å². The molecule has 1 unspecified atom stereocenters. The highest BCUT2D eigenvalue weighted by Crippen LogP contribution is 2.32. The molecule has 10 heteroatoms. The maximum absolute atomic E-state index is 12.4. The van der Waals surface area contributed by atoms with Crippen LogP contribution in [0.2, 0.25) is 0 Å². The molecule has 0 radical (unpaired) electrons. The van der Waals surface area contributed by atoms with Gasteiger partial charge in [-0.1, -0.05) is 18.0 Å². The van der Waals surface area contributed by atoms with Crippen LogP contribution in [0.3, 0.4) is 0 Å². The summed E-state index contributed by atoms with van der Waals surface area (Å²) in [7, 11) is -3.11. The second kappa shape index (κ2) is 7.69. The number of hydrogen-bond acceptors (Lipinski definition) is 7. The molecule has 2 fully saturated rings. The van der Waals surface area contributed by atoms with Gasteiger partial charge in [0.2, 0.25) is 5.89 Å². The first kappa shape index (κ1) is 18.1. The number of aliphatic hydroxyl groups excluding tert-OH is 1. The average Bonchev–Trinajstić information content (AvgIpc) is 3.30. The number of aromatic nitrogens is 2. The van der Waals surface area contributed by atoms with E-state index in [1.807, 2.05) is 0 Å². The fraction of sp³-hybridized carbons (Fsp3) is 0.800. The number of sulfone groups is 1. The summed E-state index contributed by atoms with van der Waals surface area (Å²) in [5, 5.41) is 15.8. The SMILES string of the molecule is O=C(NCc1noc(C2CCCC2)n1)N(CCO)C1CCS(=O)(=O)C1. The largest absolute Gasteiger partial charge is 0.395 e. The zero-order valence-corrected chi connectivity index (χ0v) is 14.9. The molecule has 3 rings (SSSR count). The normalized spacial score (nSPS) is 23.0. The lowest BCUT2D eigenvalue weighted by molar-refractivity contribution is 0.157. The van der Waals surface area contributed by atoms with Crippen molar-refractivity contribution < 1.29 is 22.8 Å². The van der Waals surface area contributed by atoms with Crippen molar-refractivity contribution in [2.45, 2.75) is 50.6 Å². The van der Waals surface area contributed by atoms with Crippen molar-refractivity contribution in [3.05, 3.63) is 11.7 Å². The van der Waals surface area contributed by atoms with Crippen molar-refractivity contribution in [3.63, 3.8) is 0 Å². The fourth-order valence-electron chi connectivity index (χ4n) is 3.51. The van der Waals surface area contributed by atoms with Crippen LogP contribution < -0.4 is 5.32 Å². The quantitative estimate of drug-likeness (QED) is 0.741. The lowest BCUT2D eigenvalue weighted by Crippen LogP contribution is -2.47. The molecular formula is C15H24N4O5S. The van der Waals surface area contributed by atoms with E-state index in [4.69, 9.17) is 4.52 Å². The number of nitrogens with zero attached hydrogens (tertiary/aromatic N) is 3. The van der Waals surface area contributed by atoms with Crippen LogP contribution >= 0.6 is 0 Å². The van der Waals surface area contributed by atoms with Crippen molar-refractivity contribution in [2.24, 2.45) is 0 Å². The van der Waals surface area contributed by atoms with Gasteiger partial charge in [0.1, 0.15) is 0 Å². The molecule has 1 aliphatic heterocycles. The molecule has 2 N–H and O–H groups in total. The van der Waals surface area contributed by atoms with Crippen molar-refractivity contribution in [1.29, 1.82) is 0 Å². The Labute approximate surface area is 146 Å². The third kappa shape index (κ3) is 4.49. The Morgan fingerprint density at radius 2 is 2.08 bits per heavy atom. The molecule has 9 nitrogen and oxygen atoms in total. The summed E-state index contributed by atoms with van der Waals surface area (Å²) in [6.07, 6.45) is 4.83. The van der Waals surface area contributed by atoms with E-state index in [1.165, 1.54) is 17.7 Å². The van der Waals surface area contributed by atoms with Crippen molar-refractivity contribution in [1.82, 2.24) is 20.4 Å². The van der Waals surface area contributed by atoms with Crippen LogP contribution in [0.15, 0.2) is 4.52 Å². The van der Waals surface area contributed by atoms with E-state index in [2.05, 4.69) is 15.5 Å². The van der Waals surface area contributed by atoms with Crippen molar-refractivity contribution in [3.8, 4) is 0 Å². The summed E-state index contributed by atoms with van der Waals surface area (Å²) in [5.41, 5.74) is 0. The molecule has 1 aliphatic carbocycles. The van der Waals surface area contributed by atoms with E-state index >= 15 is 0 Å². The Bertz CT molecular complexity index is 699. The van der Waals surface area contributed by atoms with Gasteiger partial charge in [-0.3, -0.25) is 0 Å². The molecular weight excluding hydrogens is 348 g/mol. The number of hydrogen-bond donors (Lipinski definition) is 2. The second-order valence-electron chi connectivity index (χ2n) is 6.66. The minimum absolute atomic E-state index is 0.0611. The topological polar surface area (TPSA) is 126 Å². The number of carbonyl (C=O) groups is 1. The Morgan fingerprint density at radius 3 is 2.72 bits per heavy atom. The molecule has 2 heterocycles. The molecule has 1 aromatic rings. The predicted octanol–water partition coefficient (Wildman–Crippen LogP) is 0.418. The maximum Gasteiger partial charge on any atom is 0.318 e. The Balaban J connectivity index is 1.56. The van der Waals surface area contributed by atoms with Crippen LogP contribution in [0.1, 0.15) is 49.7 Å². The third-order valence-electron chi connectivity index (χ3n) is 4.84. The molecule has 1 aromatic heterocycles. The summed E-state index contributed by atoms with van der Waals surface area (Å²) in [5.74, 6) is 1.34. The number of aliphatic hydroxyl groups is 1. The Kier molecular flexibility index (Phi) is 5.57. The van der Waals surface area contributed by atoms with Gasteiger partial charge in [-0.15, -0.1) is 0 Å². The van der Waals surface area contributed by atoms with Crippen LogP contribution in [0, 0.1) is 0 Å². The third-order valence-corrected chi connectivity index (χ3v) is 6.59. The first-order chi connectivity index (χ1) is 12.0. The fourth-order valence-corrected chi connectivity index (χ4v) is 5.24. The molecule has 2 aliphatic rings. The van der Waals surface area contributed by atoms with E-state index in [0.29, 0.717) is 24.1 Å². The van der Waals surface area contributed by atoms with E-state index in [9.17, 15) is 18.3 Å². The molecule has 0 bridgehead atoms. The summed E-state index contributed by atoms with van der Waals surface area (Å²) in [6.45, 7) is -0.0277. The van der Waals surface area contributed by atoms with Gasteiger partial charge in [0.25, 0.3) is 0 Å². The smallest absolute Gasteiger partial charge is 0.318 e. The highest BCUT2D eigenvalue weighted by Gasteiger charge is 2.34. The van der Waals surface area contributed by atoms with Crippen LogP contribution in [-0.2, 0) is 16.4 Å². The number of carbonyl (C=O) groups excluding carboxylic acids is 1. The van der Waals surface area contributed by atoms with Gasteiger partial charge in [0.15, 0.2) is 15.7 Å². The van der Waals surface area contributed by atoms with Gasteiger partial charge in [-0.25, -0.2) is 13.2 Å². The van der Waals surface area contributed by atoms with Gasteiger partial charge in [-0.05, 0) is 19.3 Å². The van der Waals surface area contributed by atoms with E-state index in [0.717, 1.165) is 12.8 Å². The molecule has 1 atom stereocenters. The minimum Gasteiger partial charge on any atom is -0.395 e. The molecule has 2 amide bonds. The molecule has 25 heavy (non-hydrogen) atoms. The second-order valence-corrected chi connectivity index (χ2v) is 8.89. The standard InChI is InChI=1S/C15H24N4O5S/c20-7-6-19(12-5-8-25(22,23)10-12)15(21)16-9-13-17-14(24-18-13)11-3-1-2-4-11/h11-12,20H,1-10H2,(H,16,21). The average molecular weight is 372 g/mol. The van der Waals surface area contributed by atoms with Gasteiger partial charge >= 0.3 is 6.03 Å². The first-order valence-electron chi connectivity index (χ1n) is 8.67. The van der Waals surface area contributed by atoms with Crippen LogP contribution in [0.5, 0.6) is 0 Å². The van der Waals surface area contributed by atoms with Crippen LogP contribution in [0.25, 0.3) is 0 Å². The molecule has 0 aromatic carbocycles. The Hall–Kier alpha value is -1.68. The minimum atomic E-state index is -3.11. The monoisotopic (exact) mass is 372 g/mol. The van der Waals surface area contributed by atoms with Crippen LogP contribution in [0.4, 0.5) is 4.79 Å². The number of amides is 2. The number of rotatable bonds is 6. The van der Waals surface area contributed by atoms with Gasteiger partial charge in [0, 0.05) is 18.5 Å². The summed E-state index contributed by atoms with van der Waals surface area (Å²) < 4.78 is 28.5. The summed E-state index contributed by atoms with van der Waals surface area (Å²) in [4.78, 5) is 18.1. The van der Waals surface area contributed by atoms with Gasteiger partial charge < -0.3 is 19.8 Å². The van der Waals surface area contributed by atoms with Crippen molar-refractivity contribution >= 4 is 15.9 Å². The van der Waals surface area contributed by atoms with Gasteiger partial charge in [-0.2, -0.15) is 4.98 Å². The van der Waals surface area contributed by atoms with Crippen molar-refractivity contribution in [2.75, 3.05) is 24.7 Å². The summed E-state index contributed by atoms with van der Waals surface area (Å²) in [6, 6.07) is -0.833. The summed E-state index contributed by atoms with van der Waals surface area (Å²) >= 11 is 0. The lowest BCUT2D eigenvalue weighted by Gasteiger charge is -2.27. The zero-order valence-electron chi connectivity index (χ0n) is 14.1. The predicted molar refractivity (Wildman–Crippen MR) is 88.6 cm³/mol. The molecule has 140 valence electrons. The highest BCUT2D eigenvalue weighted by molar-refractivity contribution is 7.91. The first-order valence-corrected chi connectivity index (χ1v) is 10.5. The lowest BCUT2D eigenvalue weighted by atomic mass is 10.1. The number of urea groups is 1. The molecule has 1 saturated heterocycles. The molecule has 1 saturated carbocycles. The van der Waals surface area contributed by atoms with Gasteiger partial charge in [0.05, 0.1) is 24.7 Å². The van der Waals surface area contributed by atoms with E-state index in [-0.39, 0.29) is 31.2 Å². The zero-order chi connectivity index (χ0) is 17.9. The molecule has 0 spiro atoms. The Morgan fingerprint density at radius 1 is 1.32 bits per heavy atom. The van der Waals surface area contributed by atoms with E-state index < -0.39 is 21.9 Å².